The fraction of sp³-hybridized carbons (Fsp3) is 0.318. The summed E-state index contributed by atoms with van der Waals surface area (Å²) in [7, 11) is 0. The lowest BCUT2D eigenvalue weighted by molar-refractivity contribution is 0.233. The quantitative estimate of drug-likeness (QED) is 0.632. The number of hydrogen-bond donors (Lipinski definition) is 0. The molecule has 1 aromatic heterocycles. The third-order valence-corrected chi connectivity index (χ3v) is 5.30. The maximum Gasteiger partial charge on any atom is 0.148 e. The molecule has 2 unspecified atom stereocenters. The first-order valence-electron chi connectivity index (χ1n) is 8.89. The molecule has 0 spiro atoms. The van der Waals surface area contributed by atoms with Crippen LogP contribution >= 0.6 is 0 Å². The van der Waals surface area contributed by atoms with Crippen molar-refractivity contribution in [3.8, 4) is 22.8 Å². The minimum atomic E-state index is 0.197. The van der Waals surface area contributed by atoms with E-state index in [0.29, 0.717) is 5.92 Å². The fourth-order valence-electron chi connectivity index (χ4n) is 4.00. The Bertz CT molecular complexity index is 931. The number of aryl methyl sites for hydroxylation is 3. The van der Waals surface area contributed by atoms with Gasteiger partial charge in [0.1, 0.15) is 17.7 Å². The molecule has 2 atom stereocenters. The highest BCUT2D eigenvalue weighted by Crippen LogP contribution is 2.44. The van der Waals surface area contributed by atoms with Gasteiger partial charge in [0.2, 0.25) is 0 Å². The Hall–Kier alpha value is -2.55. The van der Waals surface area contributed by atoms with Crippen LogP contribution in [0.5, 0.6) is 5.75 Å². The SMILES string of the molecule is Cc1cc(C)c(-n2ccnc2-c2cccc3c2OC(C)C3C)c(C)c1. The van der Waals surface area contributed by atoms with Crippen LogP contribution in [0.3, 0.4) is 0 Å². The number of imidazole rings is 1. The summed E-state index contributed by atoms with van der Waals surface area (Å²) in [5.74, 6) is 2.33. The van der Waals surface area contributed by atoms with E-state index >= 15 is 0 Å². The van der Waals surface area contributed by atoms with Gasteiger partial charge >= 0.3 is 0 Å². The minimum absolute atomic E-state index is 0.197. The van der Waals surface area contributed by atoms with Crippen LogP contribution in [0.25, 0.3) is 17.1 Å². The Balaban J connectivity index is 1.92. The van der Waals surface area contributed by atoms with Crippen molar-refractivity contribution in [1.29, 1.82) is 0 Å². The molecule has 1 aliphatic heterocycles. The highest BCUT2D eigenvalue weighted by Gasteiger charge is 2.30. The highest BCUT2D eigenvalue weighted by molar-refractivity contribution is 5.71. The van der Waals surface area contributed by atoms with E-state index in [1.165, 1.54) is 27.9 Å². The number of aromatic nitrogens is 2. The van der Waals surface area contributed by atoms with Crippen LogP contribution in [0.2, 0.25) is 0 Å². The number of benzene rings is 2. The van der Waals surface area contributed by atoms with Crippen LogP contribution in [0.4, 0.5) is 0 Å². The number of nitrogens with zero attached hydrogens (tertiary/aromatic N) is 2. The maximum atomic E-state index is 6.19. The summed E-state index contributed by atoms with van der Waals surface area (Å²) in [4.78, 5) is 4.68. The summed E-state index contributed by atoms with van der Waals surface area (Å²) in [6.45, 7) is 10.8. The smallest absolute Gasteiger partial charge is 0.148 e. The number of fused-ring (bicyclic) bond motifs is 1. The van der Waals surface area contributed by atoms with E-state index in [0.717, 1.165) is 17.1 Å². The van der Waals surface area contributed by atoms with Gasteiger partial charge in [-0.3, -0.25) is 4.57 Å². The van der Waals surface area contributed by atoms with E-state index in [-0.39, 0.29) is 6.10 Å². The molecular formula is C22H24N2O. The molecule has 2 heterocycles. The summed E-state index contributed by atoms with van der Waals surface area (Å²) in [6, 6.07) is 10.8. The maximum absolute atomic E-state index is 6.19. The Morgan fingerprint density at radius 1 is 1.04 bits per heavy atom. The molecule has 2 aromatic carbocycles. The van der Waals surface area contributed by atoms with Gasteiger partial charge in [0, 0.05) is 23.9 Å². The lowest BCUT2D eigenvalue weighted by Crippen LogP contribution is -2.10. The molecule has 0 N–H and O–H groups in total. The number of rotatable bonds is 2. The lowest BCUT2D eigenvalue weighted by atomic mass is 9.96. The molecule has 0 fully saturated rings. The van der Waals surface area contributed by atoms with Crippen molar-refractivity contribution in [2.75, 3.05) is 0 Å². The normalized spacial score (nSPS) is 18.9. The van der Waals surface area contributed by atoms with Gasteiger partial charge in [-0.05, 0) is 44.9 Å². The first kappa shape index (κ1) is 15.9. The second-order valence-electron chi connectivity index (χ2n) is 7.20. The molecule has 128 valence electrons. The van der Waals surface area contributed by atoms with Crippen molar-refractivity contribution in [2.24, 2.45) is 0 Å². The predicted molar refractivity (Wildman–Crippen MR) is 102 cm³/mol. The summed E-state index contributed by atoms with van der Waals surface area (Å²) < 4.78 is 8.38. The van der Waals surface area contributed by atoms with Crippen LogP contribution < -0.4 is 4.74 Å². The van der Waals surface area contributed by atoms with Gasteiger partial charge in [-0.15, -0.1) is 0 Å². The summed E-state index contributed by atoms with van der Waals surface area (Å²) in [5, 5.41) is 0. The third kappa shape index (κ3) is 2.46. The number of ether oxygens (including phenoxy) is 1. The molecule has 0 amide bonds. The lowest BCUT2D eigenvalue weighted by Gasteiger charge is -2.16. The highest BCUT2D eigenvalue weighted by atomic mass is 16.5. The summed E-state index contributed by atoms with van der Waals surface area (Å²) >= 11 is 0. The predicted octanol–water partition coefficient (Wildman–Crippen LogP) is 5.35. The average molecular weight is 332 g/mol. The van der Waals surface area contributed by atoms with Gasteiger partial charge in [-0.2, -0.15) is 0 Å². The Morgan fingerprint density at radius 2 is 1.76 bits per heavy atom. The Kier molecular flexibility index (Phi) is 3.68. The van der Waals surface area contributed by atoms with Crippen LogP contribution in [0.1, 0.15) is 42.0 Å². The van der Waals surface area contributed by atoms with E-state index < -0.39 is 0 Å². The van der Waals surface area contributed by atoms with Gasteiger partial charge in [-0.1, -0.05) is 36.8 Å². The third-order valence-electron chi connectivity index (χ3n) is 5.30. The fourth-order valence-corrected chi connectivity index (χ4v) is 4.00. The average Bonchev–Trinajstić information content (AvgIpc) is 3.12. The topological polar surface area (TPSA) is 27.1 Å². The van der Waals surface area contributed by atoms with Crippen LogP contribution in [-0.4, -0.2) is 15.7 Å². The van der Waals surface area contributed by atoms with E-state index in [4.69, 9.17) is 4.74 Å². The van der Waals surface area contributed by atoms with Crippen LogP contribution in [0.15, 0.2) is 42.7 Å². The van der Waals surface area contributed by atoms with Crippen molar-refractivity contribution in [2.45, 2.75) is 46.6 Å². The molecule has 0 saturated carbocycles. The molecule has 4 rings (SSSR count). The van der Waals surface area contributed by atoms with Crippen molar-refractivity contribution in [3.05, 3.63) is 65.0 Å². The van der Waals surface area contributed by atoms with Crippen LogP contribution in [0, 0.1) is 20.8 Å². The molecule has 3 heteroatoms. The molecule has 0 bridgehead atoms. The van der Waals surface area contributed by atoms with Crippen molar-refractivity contribution >= 4 is 0 Å². The van der Waals surface area contributed by atoms with Crippen molar-refractivity contribution in [3.63, 3.8) is 0 Å². The molecule has 0 saturated heterocycles. The molecule has 0 aliphatic carbocycles. The molecule has 1 aliphatic rings. The zero-order valence-corrected chi connectivity index (χ0v) is 15.5. The zero-order chi connectivity index (χ0) is 17.7. The summed E-state index contributed by atoms with van der Waals surface area (Å²) in [5.41, 5.74) is 7.34. The van der Waals surface area contributed by atoms with E-state index in [1.807, 2.05) is 12.4 Å². The Morgan fingerprint density at radius 3 is 2.48 bits per heavy atom. The first-order valence-corrected chi connectivity index (χ1v) is 8.89. The van der Waals surface area contributed by atoms with Crippen molar-refractivity contribution < 1.29 is 4.74 Å². The zero-order valence-electron chi connectivity index (χ0n) is 15.5. The number of para-hydroxylation sites is 1. The second-order valence-corrected chi connectivity index (χ2v) is 7.20. The van der Waals surface area contributed by atoms with E-state index in [1.54, 1.807) is 0 Å². The minimum Gasteiger partial charge on any atom is -0.489 e. The monoisotopic (exact) mass is 332 g/mol. The van der Waals surface area contributed by atoms with Gasteiger partial charge in [0.25, 0.3) is 0 Å². The molecular weight excluding hydrogens is 308 g/mol. The van der Waals surface area contributed by atoms with E-state index in [2.05, 4.69) is 74.5 Å². The molecule has 3 nitrogen and oxygen atoms in total. The molecule has 3 aromatic rings. The van der Waals surface area contributed by atoms with Gasteiger partial charge < -0.3 is 4.74 Å². The van der Waals surface area contributed by atoms with Gasteiger partial charge in [0.05, 0.1) is 11.3 Å². The van der Waals surface area contributed by atoms with Crippen LogP contribution in [-0.2, 0) is 0 Å². The largest absolute Gasteiger partial charge is 0.489 e. The van der Waals surface area contributed by atoms with E-state index in [9.17, 15) is 0 Å². The van der Waals surface area contributed by atoms with Gasteiger partial charge in [0.15, 0.2) is 0 Å². The molecule has 25 heavy (non-hydrogen) atoms. The number of hydrogen-bond acceptors (Lipinski definition) is 2. The Labute approximate surface area is 149 Å². The standard InChI is InChI=1S/C22H24N2O/c1-13-11-14(2)20(15(3)12-13)24-10-9-23-22(24)19-8-6-7-18-16(4)17(5)25-21(18)19/h6-12,16-17H,1-5H3. The van der Waals surface area contributed by atoms with Crippen molar-refractivity contribution in [1.82, 2.24) is 9.55 Å². The first-order chi connectivity index (χ1) is 12.0. The van der Waals surface area contributed by atoms with Gasteiger partial charge in [-0.25, -0.2) is 4.98 Å². The summed E-state index contributed by atoms with van der Waals surface area (Å²) in [6.07, 6.45) is 4.11. The second kappa shape index (κ2) is 5.76. The molecule has 0 radical (unpaired) electrons.